The van der Waals surface area contributed by atoms with Crippen molar-refractivity contribution in [1.82, 2.24) is 10.6 Å². The van der Waals surface area contributed by atoms with Crippen molar-refractivity contribution in [3.05, 3.63) is 35.9 Å². The Hall–Kier alpha value is -2.37. The summed E-state index contributed by atoms with van der Waals surface area (Å²) in [5.41, 5.74) is 0.898. The number of benzene rings is 1. The first-order valence-corrected chi connectivity index (χ1v) is 7.23. The average Bonchev–Trinajstić information content (AvgIpc) is 2.45. The van der Waals surface area contributed by atoms with Gasteiger partial charge in [-0.05, 0) is 11.5 Å². The molecule has 3 N–H and O–H groups in total. The van der Waals surface area contributed by atoms with Crippen molar-refractivity contribution >= 4 is 17.8 Å². The molecule has 0 heterocycles. The zero-order valence-corrected chi connectivity index (χ0v) is 12.8. The minimum atomic E-state index is -1.06. The highest BCUT2D eigenvalue weighted by Gasteiger charge is 2.23. The van der Waals surface area contributed by atoms with Crippen LogP contribution in [0.25, 0.3) is 0 Å². The highest BCUT2D eigenvalue weighted by molar-refractivity contribution is 5.84. The van der Waals surface area contributed by atoms with Crippen LogP contribution in [-0.4, -0.2) is 35.5 Å². The van der Waals surface area contributed by atoms with E-state index in [1.807, 2.05) is 30.3 Å². The second kappa shape index (κ2) is 8.81. The van der Waals surface area contributed by atoms with Crippen LogP contribution in [0.3, 0.4) is 0 Å². The van der Waals surface area contributed by atoms with Gasteiger partial charge in [0.25, 0.3) is 0 Å². The number of aliphatic carboxylic acids is 1. The largest absolute Gasteiger partial charge is 0.480 e. The number of hydrogen-bond acceptors (Lipinski definition) is 3. The maximum absolute atomic E-state index is 11.7. The second-order valence-corrected chi connectivity index (χ2v) is 5.39. The Kier molecular flexibility index (Phi) is 7.08. The topological polar surface area (TPSA) is 95.5 Å². The molecule has 0 aliphatic heterocycles. The van der Waals surface area contributed by atoms with E-state index in [0.717, 1.165) is 5.56 Å². The van der Waals surface area contributed by atoms with E-state index in [-0.39, 0.29) is 37.1 Å². The van der Waals surface area contributed by atoms with Crippen LogP contribution in [0.2, 0.25) is 0 Å². The fourth-order valence-corrected chi connectivity index (χ4v) is 1.92. The lowest BCUT2D eigenvalue weighted by Crippen LogP contribution is -2.45. The van der Waals surface area contributed by atoms with Crippen molar-refractivity contribution < 1.29 is 19.5 Å². The quantitative estimate of drug-likeness (QED) is 0.666. The second-order valence-electron chi connectivity index (χ2n) is 5.39. The molecule has 0 bridgehead atoms. The number of amides is 2. The summed E-state index contributed by atoms with van der Waals surface area (Å²) in [7, 11) is 0. The van der Waals surface area contributed by atoms with Crippen molar-refractivity contribution in [3.8, 4) is 0 Å². The first kappa shape index (κ1) is 17.7. The maximum atomic E-state index is 11.7. The van der Waals surface area contributed by atoms with Crippen LogP contribution >= 0.6 is 0 Å². The Labute approximate surface area is 129 Å². The molecule has 1 aromatic rings. The average molecular weight is 306 g/mol. The predicted molar refractivity (Wildman–Crippen MR) is 82.2 cm³/mol. The highest BCUT2D eigenvalue weighted by Crippen LogP contribution is 2.02. The van der Waals surface area contributed by atoms with Crippen LogP contribution in [0.15, 0.2) is 30.3 Å². The molecule has 1 rings (SSSR count). The van der Waals surface area contributed by atoms with E-state index in [4.69, 9.17) is 5.11 Å². The van der Waals surface area contributed by atoms with Crippen molar-refractivity contribution in [2.45, 2.75) is 32.7 Å². The number of carbonyl (C=O) groups is 3. The van der Waals surface area contributed by atoms with Crippen LogP contribution in [0, 0.1) is 5.92 Å². The summed E-state index contributed by atoms with van der Waals surface area (Å²) in [5.74, 6) is -1.82. The number of carbonyl (C=O) groups excluding carboxylic acids is 2. The van der Waals surface area contributed by atoms with Crippen LogP contribution in [0.4, 0.5) is 0 Å². The van der Waals surface area contributed by atoms with Gasteiger partial charge < -0.3 is 15.7 Å². The molecule has 1 atom stereocenters. The molecule has 0 aliphatic rings. The van der Waals surface area contributed by atoms with E-state index in [2.05, 4.69) is 10.6 Å². The van der Waals surface area contributed by atoms with Crippen molar-refractivity contribution in [3.63, 3.8) is 0 Å². The molecule has 0 spiro atoms. The Morgan fingerprint density at radius 2 is 1.73 bits per heavy atom. The fourth-order valence-electron chi connectivity index (χ4n) is 1.92. The van der Waals surface area contributed by atoms with Gasteiger partial charge in [0.15, 0.2) is 0 Å². The normalized spacial score (nSPS) is 11.8. The van der Waals surface area contributed by atoms with Crippen LogP contribution in [0.5, 0.6) is 0 Å². The zero-order valence-electron chi connectivity index (χ0n) is 12.8. The van der Waals surface area contributed by atoms with E-state index in [0.29, 0.717) is 0 Å². The summed E-state index contributed by atoms with van der Waals surface area (Å²) >= 11 is 0. The molecule has 6 nitrogen and oxygen atoms in total. The van der Waals surface area contributed by atoms with Gasteiger partial charge in [-0.15, -0.1) is 0 Å². The Balaban J connectivity index is 2.30. The molecular formula is C16H22N2O4. The Bertz CT molecular complexity index is 514. The molecule has 1 aromatic carbocycles. The number of carboxylic acids is 1. The first-order chi connectivity index (χ1) is 10.4. The lowest BCUT2D eigenvalue weighted by molar-refractivity contribution is -0.143. The number of nitrogens with one attached hydrogen (secondary N) is 2. The Morgan fingerprint density at radius 3 is 2.27 bits per heavy atom. The molecule has 0 radical (unpaired) electrons. The molecule has 120 valence electrons. The van der Waals surface area contributed by atoms with Gasteiger partial charge in [-0.25, -0.2) is 4.79 Å². The molecule has 2 amide bonds. The lowest BCUT2D eigenvalue weighted by atomic mass is 10.0. The summed E-state index contributed by atoms with van der Waals surface area (Å²) in [4.78, 5) is 34.3. The number of hydrogen-bond donors (Lipinski definition) is 3. The lowest BCUT2D eigenvalue weighted by Gasteiger charge is -2.17. The summed E-state index contributed by atoms with van der Waals surface area (Å²) in [6.07, 6.45) is 0.309. The predicted octanol–water partition coefficient (Wildman–Crippen LogP) is 0.961. The van der Waals surface area contributed by atoms with Crippen molar-refractivity contribution in [2.24, 2.45) is 5.92 Å². The number of rotatable bonds is 8. The Morgan fingerprint density at radius 1 is 1.09 bits per heavy atom. The van der Waals surface area contributed by atoms with Gasteiger partial charge in [-0.2, -0.15) is 0 Å². The van der Waals surface area contributed by atoms with E-state index < -0.39 is 12.0 Å². The molecule has 0 saturated heterocycles. The van der Waals surface area contributed by atoms with Crippen LogP contribution < -0.4 is 10.6 Å². The van der Waals surface area contributed by atoms with Gasteiger partial charge in [0.2, 0.25) is 11.8 Å². The SMILES string of the molecule is CC(C)[C@H](NC(=O)CCNC(=O)Cc1ccccc1)C(=O)O. The van der Waals surface area contributed by atoms with Gasteiger partial charge in [-0.3, -0.25) is 9.59 Å². The highest BCUT2D eigenvalue weighted by atomic mass is 16.4. The van der Waals surface area contributed by atoms with Gasteiger partial charge in [-0.1, -0.05) is 44.2 Å². The molecule has 22 heavy (non-hydrogen) atoms. The third-order valence-corrected chi connectivity index (χ3v) is 3.13. The summed E-state index contributed by atoms with van der Waals surface area (Å²) in [6, 6.07) is 8.38. The van der Waals surface area contributed by atoms with E-state index >= 15 is 0 Å². The monoisotopic (exact) mass is 306 g/mol. The van der Waals surface area contributed by atoms with Gasteiger partial charge >= 0.3 is 5.97 Å². The van der Waals surface area contributed by atoms with Gasteiger partial charge in [0.1, 0.15) is 6.04 Å². The minimum Gasteiger partial charge on any atom is -0.480 e. The van der Waals surface area contributed by atoms with E-state index in [1.165, 1.54) is 0 Å². The molecule has 6 heteroatoms. The van der Waals surface area contributed by atoms with Crippen LogP contribution in [-0.2, 0) is 20.8 Å². The molecule has 0 saturated carbocycles. The van der Waals surface area contributed by atoms with Crippen LogP contribution in [0.1, 0.15) is 25.8 Å². The molecule has 0 aliphatic carbocycles. The third-order valence-electron chi connectivity index (χ3n) is 3.13. The summed E-state index contributed by atoms with van der Waals surface area (Å²) in [5, 5.41) is 14.1. The number of carboxylic acid groups (broad SMARTS) is 1. The van der Waals surface area contributed by atoms with Gasteiger partial charge in [0.05, 0.1) is 6.42 Å². The molecule has 0 fully saturated rings. The first-order valence-electron chi connectivity index (χ1n) is 7.23. The maximum Gasteiger partial charge on any atom is 0.326 e. The molecule has 0 unspecified atom stereocenters. The van der Waals surface area contributed by atoms with Crippen molar-refractivity contribution in [2.75, 3.05) is 6.54 Å². The fraction of sp³-hybridized carbons (Fsp3) is 0.438. The third kappa shape index (κ3) is 6.39. The summed E-state index contributed by atoms with van der Waals surface area (Å²) in [6.45, 7) is 3.63. The molecule has 0 aromatic heterocycles. The summed E-state index contributed by atoms with van der Waals surface area (Å²) < 4.78 is 0. The minimum absolute atomic E-state index is 0.0526. The van der Waals surface area contributed by atoms with E-state index in [9.17, 15) is 14.4 Å². The van der Waals surface area contributed by atoms with Crippen molar-refractivity contribution in [1.29, 1.82) is 0 Å². The standard InChI is InChI=1S/C16H22N2O4/c1-11(2)15(16(21)22)18-13(19)8-9-17-14(20)10-12-6-4-3-5-7-12/h3-7,11,15H,8-10H2,1-2H3,(H,17,20)(H,18,19)(H,21,22)/t15-/m0/s1. The van der Waals surface area contributed by atoms with E-state index in [1.54, 1.807) is 13.8 Å². The smallest absolute Gasteiger partial charge is 0.326 e. The molecular weight excluding hydrogens is 284 g/mol. The van der Waals surface area contributed by atoms with Gasteiger partial charge in [0, 0.05) is 13.0 Å². The zero-order chi connectivity index (χ0) is 16.5.